The van der Waals surface area contributed by atoms with Crippen LogP contribution in [-0.4, -0.2) is 21.9 Å². The van der Waals surface area contributed by atoms with Crippen LogP contribution in [0, 0.1) is 11.3 Å². The van der Waals surface area contributed by atoms with Crippen molar-refractivity contribution in [3.8, 4) is 6.07 Å². The van der Waals surface area contributed by atoms with Crippen molar-refractivity contribution < 1.29 is 5.11 Å². The van der Waals surface area contributed by atoms with Gasteiger partial charge in [0.1, 0.15) is 11.8 Å². The normalized spacial score (nSPS) is 12.1. The van der Waals surface area contributed by atoms with E-state index in [1.54, 1.807) is 12.1 Å². The van der Waals surface area contributed by atoms with Crippen molar-refractivity contribution >= 4 is 11.8 Å². The van der Waals surface area contributed by atoms with Gasteiger partial charge < -0.3 is 5.11 Å². The van der Waals surface area contributed by atoms with Crippen molar-refractivity contribution in [2.45, 2.75) is 17.2 Å². The molecule has 1 heterocycles. The van der Waals surface area contributed by atoms with Gasteiger partial charge in [0.15, 0.2) is 0 Å². The molecule has 1 aromatic heterocycles. The van der Waals surface area contributed by atoms with Gasteiger partial charge in [-0.25, -0.2) is 4.98 Å². The van der Waals surface area contributed by atoms with E-state index in [9.17, 15) is 0 Å². The van der Waals surface area contributed by atoms with Gasteiger partial charge in [-0.2, -0.15) is 5.26 Å². The van der Waals surface area contributed by atoms with Gasteiger partial charge in [0.25, 0.3) is 0 Å². The molecule has 0 radical (unpaired) electrons. The van der Waals surface area contributed by atoms with Gasteiger partial charge in [-0.3, -0.25) is 0 Å². The number of rotatable bonds is 3. The van der Waals surface area contributed by atoms with E-state index >= 15 is 0 Å². The zero-order valence-electron chi connectivity index (χ0n) is 7.27. The Balaban J connectivity index is 2.73. The van der Waals surface area contributed by atoms with Crippen molar-refractivity contribution in [2.24, 2.45) is 0 Å². The highest BCUT2D eigenvalue weighted by Crippen LogP contribution is 2.20. The fraction of sp³-hybridized carbons (Fsp3) is 0.333. The molecule has 0 aliphatic heterocycles. The zero-order valence-corrected chi connectivity index (χ0v) is 8.08. The Kier molecular flexibility index (Phi) is 3.74. The topological polar surface area (TPSA) is 56.9 Å². The molecule has 1 unspecified atom stereocenters. The monoisotopic (exact) mass is 194 g/mol. The third-order valence-electron chi connectivity index (χ3n) is 1.42. The van der Waals surface area contributed by atoms with E-state index in [0.29, 0.717) is 5.69 Å². The average Bonchev–Trinajstić information content (AvgIpc) is 2.18. The van der Waals surface area contributed by atoms with E-state index in [1.165, 1.54) is 11.8 Å². The second-order valence-electron chi connectivity index (χ2n) is 2.58. The molecule has 0 saturated heterocycles. The van der Waals surface area contributed by atoms with Gasteiger partial charge in [-0.1, -0.05) is 13.0 Å². The smallest absolute Gasteiger partial charge is 0.141 e. The number of pyridine rings is 1. The number of hydrogen-bond donors (Lipinski definition) is 1. The Morgan fingerprint density at radius 2 is 2.46 bits per heavy atom. The number of nitriles is 1. The molecule has 0 aliphatic rings. The highest BCUT2D eigenvalue weighted by molar-refractivity contribution is 7.99. The summed E-state index contributed by atoms with van der Waals surface area (Å²) in [5.41, 5.74) is 0.412. The molecule has 0 saturated carbocycles. The van der Waals surface area contributed by atoms with Crippen molar-refractivity contribution in [2.75, 3.05) is 6.61 Å². The summed E-state index contributed by atoms with van der Waals surface area (Å²) >= 11 is 1.46. The van der Waals surface area contributed by atoms with Gasteiger partial charge in [0.2, 0.25) is 0 Å². The third kappa shape index (κ3) is 3.05. The Bertz CT molecular complexity index is 322. The van der Waals surface area contributed by atoms with Crippen molar-refractivity contribution in [1.82, 2.24) is 4.98 Å². The first-order chi connectivity index (χ1) is 6.26. The molecule has 13 heavy (non-hydrogen) atoms. The van der Waals surface area contributed by atoms with Crippen LogP contribution in [0.5, 0.6) is 0 Å². The SMILES string of the molecule is CC(CO)Sc1cccc(C#N)n1. The first-order valence-corrected chi connectivity index (χ1v) is 4.79. The van der Waals surface area contributed by atoms with Crippen LogP contribution >= 0.6 is 11.8 Å². The summed E-state index contributed by atoms with van der Waals surface area (Å²) < 4.78 is 0. The van der Waals surface area contributed by atoms with Crippen molar-refractivity contribution in [1.29, 1.82) is 5.26 Å². The minimum Gasteiger partial charge on any atom is -0.395 e. The maximum atomic E-state index is 8.81. The lowest BCUT2D eigenvalue weighted by atomic mass is 10.4. The number of aliphatic hydroxyl groups is 1. The molecular weight excluding hydrogens is 184 g/mol. The molecule has 0 fully saturated rings. The van der Waals surface area contributed by atoms with E-state index in [2.05, 4.69) is 4.98 Å². The van der Waals surface area contributed by atoms with E-state index in [-0.39, 0.29) is 11.9 Å². The Morgan fingerprint density at radius 3 is 3.08 bits per heavy atom. The molecule has 0 aromatic carbocycles. The van der Waals surface area contributed by atoms with E-state index < -0.39 is 0 Å². The first-order valence-electron chi connectivity index (χ1n) is 3.91. The highest BCUT2D eigenvalue weighted by Gasteiger charge is 2.03. The van der Waals surface area contributed by atoms with Crippen LogP contribution in [0.4, 0.5) is 0 Å². The molecule has 0 aliphatic carbocycles. The van der Waals surface area contributed by atoms with Crippen molar-refractivity contribution in [3.63, 3.8) is 0 Å². The van der Waals surface area contributed by atoms with Crippen LogP contribution < -0.4 is 0 Å². The lowest BCUT2D eigenvalue weighted by molar-refractivity contribution is 0.300. The number of nitrogens with zero attached hydrogens (tertiary/aromatic N) is 2. The lowest BCUT2D eigenvalue weighted by Crippen LogP contribution is -2.02. The minimum atomic E-state index is 0.112. The predicted octanol–water partition coefficient (Wildman–Crippen LogP) is 1.43. The summed E-state index contributed by atoms with van der Waals surface area (Å²) in [4.78, 5) is 4.07. The van der Waals surface area contributed by atoms with E-state index in [4.69, 9.17) is 10.4 Å². The molecule has 1 N–H and O–H groups in total. The van der Waals surface area contributed by atoms with Crippen LogP contribution in [0.15, 0.2) is 23.2 Å². The second kappa shape index (κ2) is 4.85. The summed E-state index contributed by atoms with van der Waals surface area (Å²) in [5.74, 6) is 0. The molecule has 0 amide bonds. The van der Waals surface area contributed by atoms with Crippen LogP contribution in [-0.2, 0) is 0 Å². The summed E-state index contributed by atoms with van der Waals surface area (Å²) in [6, 6.07) is 7.25. The molecular formula is C9H10N2OS. The quantitative estimate of drug-likeness (QED) is 0.739. The fourth-order valence-electron chi connectivity index (χ4n) is 0.786. The average molecular weight is 194 g/mol. The predicted molar refractivity (Wildman–Crippen MR) is 51.4 cm³/mol. The molecule has 4 heteroatoms. The minimum absolute atomic E-state index is 0.112. The summed E-state index contributed by atoms with van der Waals surface area (Å²) in [6.45, 7) is 2.02. The highest BCUT2D eigenvalue weighted by atomic mass is 32.2. The fourth-order valence-corrected chi connectivity index (χ4v) is 1.58. The molecule has 68 valence electrons. The maximum absolute atomic E-state index is 8.81. The summed E-state index contributed by atoms with van der Waals surface area (Å²) in [7, 11) is 0. The summed E-state index contributed by atoms with van der Waals surface area (Å²) in [5, 5.41) is 18.3. The van der Waals surface area contributed by atoms with Gasteiger partial charge in [0, 0.05) is 5.25 Å². The van der Waals surface area contributed by atoms with Gasteiger partial charge >= 0.3 is 0 Å². The zero-order chi connectivity index (χ0) is 9.68. The maximum Gasteiger partial charge on any atom is 0.141 e. The third-order valence-corrected chi connectivity index (χ3v) is 2.44. The molecule has 0 bridgehead atoms. The number of aliphatic hydroxyl groups excluding tert-OH is 1. The van der Waals surface area contributed by atoms with Gasteiger partial charge in [-0.15, -0.1) is 11.8 Å². The molecule has 0 spiro atoms. The Labute approximate surface area is 81.4 Å². The van der Waals surface area contributed by atoms with Crippen LogP contribution in [0.3, 0.4) is 0 Å². The van der Waals surface area contributed by atoms with Gasteiger partial charge in [0.05, 0.1) is 11.6 Å². The summed E-state index contributed by atoms with van der Waals surface area (Å²) in [6.07, 6.45) is 0. The number of hydrogen-bond acceptors (Lipinski definition) is 4. The van der Waals surface area contributed by atoms with Gasteiger partial charge in [-0.05, 0) is 12.1 Å². The molecule has 1 rings (SSSR count). The Morgan fingerprint density at radius 1 is 1.69 bits per heavy atom. The van der Waals surface area contributed by atoms with Crippen LogP contribution in [0.2, 0.25) is 0 Å². The lowest BCUT2D eigenvalue weighted by Gasteiger charge is -2.05. The standard InChI is InChI=1S/C9H10N2OS/c1-7(6-12)13-9-4-2-3-8(5-10)11-9/h2-4,7,12H,6H2,1H3. The van der Waals surface area contributed by atoms with E-state index in [0.717, 1.165) is 5.03 Å². The molecule has 1 aromatic rings. The molecule has 3 nitrogen and oxygen atoms in total. The number of thioether (sulfide) groups is 1. The van der Waals surface area contributed by atoms with Crippen molar-refractivity contribution in [3.05, 3.63) is 23.9 Å². The van der Waals surface area contributed by atoms with Crippen LogP contribution in [0.1, 0.15) is 12.6 Å². The first kappa shape index (κ1) is 10.0. The second-order valence-corrected chi connectivity index (χ2v) is 4.04. The Hall–Kier alpha value is -1.05. The van der Waals surface area contributed by atoms with E-state index in [1.807, 2.05) is 19.1 Å². The van der Waals surface area contributed by atoms with Crippen LogP contribution in [0.25, 0.3) is 0 Å². The number of aromatic nitrogens is 1. The molecule has 1 atom stereocenters. The largest absolute Gasteiger partial charge is 0.395 e.